The fraction of sp³-hybridized carbons (Fsp3) is 0.583. The summed E-state index contributed by atoms with van der Waals surface area (Å²) in [6.07, 6.45) is 1.03. The molecule has 0 bridgehead atoms. The lowest BCUT2D eigenvalue weighted by Gasteiger charge is -2.27. The van der Waals surface area contributed by atoms with Gasteiger partial charge in [-0.3, -0.25) is 0 Å². The molecular weight excluding hydrogens is 273 g/mol. The molecule has 1 aliphatic heterocycles. The summed E-state index contributed by atoms with van der Waals surface area (Å²) in [5.41, 5.74) is 0. The minimum atomic E-state index is 0.0703. The van der Waals surface area contributed by atoms with E-state index in [1.54, 1.807) is 13.1 Å². The number of anilines is 2. The van der Waals surface area contributed by atoms with Crippen molar-refractivity contribution in [2.24, 2.45) is 5.92 Å². The van der Waals surface area contributed by atoms with E-state index in [1.165, 1.54) is 0 Å². The number of aromatic nitrogens is 1. The van der Waals surface area contributed by atoms with Crippen LogP contribution in [0.2, 0.25) is 10.0 Å². The highest BCUT2D eigenvalue weighted by atomic mass is 35.5. The highest BCUT2D eigenvalue weighted by molar-refractivity contribution is 6.37. The molecule has 1 aromatic rings. The van der Waals surface area contributed by atoms with Crippen LogP contribution in [0.25, 0.3) is 0 Å². The molecule has 2 atom stereocenters. The first-order valence-electron chi connectivity index (χ1n) is 5.99. The minimum Gasteiger partial charge on any atom is -0.394 e. The molecule has 0 saturated carbocycles. The Morgan fingerprint density at radius 2 is 2.22 bits per heavy atom. The fourth-order valence-corrected chi connectivity index (χ4v) is 2.94. The molecule has 2 N–H and O–H groups in total. The van der Waals surface area contributed by atoms with Crippen molar-refractivity contribution in [2.45, 2.75) is 19.4 Å². The lowest BCUT2D eigenvalue weighted by molar-refractivity contribution is 0.244. The molecule has 1 aliphatic rings. The molecule has 1 aromatic heterocycles. The third-order valence-electron chi connectivity index (χ3n) is 3.49. The average molecular weight is 290 g/mol. The molecule has 1 fully saturated rings. The SMILES string of the molecule is CNc1nc(N2CCC(C)C2CO)c(Cl)cc1Cl. The van der Waals surface area contributed by atoms with Gasteiger partial charge >= 0.3 is 0 Å². The topological polar surface area (TPSA) is 48.4 Å². The number of hydrogen-bond donors (Lipinski definition) is 2. The van der Waals surface area contributed by atoms with Crippen LogP contribution < -0.4 is 10.2 Å². The predicted octanol–water partition coefficient (Wildman–Crippen LogP) is 2.64. The van der Waals surface area contributed by atoms with Crippen LogP contribution in [0.1, 0.15) is 13.3 Å². The van der Waals surface area contributed by atoms with Gasteiger partial charge in [0.2, 0.25) is 0 Å². The normalized spacial score (nSPS) is 23.5. The number of rotatable bonds is 3. The van der Waals surface area contributed by atoms with Crippen LogP contribution in [-0.2, 0) is 0 Å². The van der Waals surface area contributed by atoms with Crippen LogP contribution in [0, 0.1) is 5.92 Å². The van der Waals surface area contributed by atoms with Crippen LogP contribution in [0.4, 0.5) is 11.6 Å². The maximum atomic E-state index is 9.49. The predicted molar refractivity (Wildman–Crippen MR) is 75.8 cm³/mol. The number of halogens is 2. The molecule has 0 amide bonds. The second kappa shape index (κ2) is 5.51. The van der Waals surface area contributed by atoms with E-state index >= 15 is 0 Å². The molecule has 2 heterocycles. The molecule has 2 unspecified atom stereocenters. The molecule has 0 spiro atoms. The number of hydrogen-bond acceptors (Lipinski definition) is 4. The number of pyridine rings is 1. The van der Waals surface area contributed by atoms with Gasteiger partial charge in [0.15, 0.2) is 0 Å². The zero-order valence-corrected chi connectivity index (χ0v) is 12.0. The highest BCUT2D eigenvalue weighted by Crippen LogP contribution is 2.36. The quantitative estimate of drug-likeness (QED) is 0.898. The van der Waals surface area contributed by atoms with Crippen molar-refractivity contribution in [3.63, 3.8) is 0 Å². The van der Waals surface area contributed by atoms with Gasteiger partial charge in [0.1, 0.15) is 11.6 Å². The number of aliphatic hydroxyl groups is 1. The first kappa shape index (κ1) is 13.7. The van der Waals surface area contributed by atoms with Crippen molar-refractivity contribution in [3.8, 4) is 0 Å². The maximum absolute atomic E-state index is 9.49. The Morgan fingerprint density at radius 3 is 2.83 bits per heavy atom. The van der Waals surface area contributed by atoms with Crippen LogP contribution in [0.3, 0.4) is 0 Å². The standard InChI is InChI=1S/C12H17Cl2N3O/c1-7-3-4-17(10(7)6-18)12-9(14)5-8(13)11(15-2)16-12/h5,7,10,18H,3-4,6H2,1-2H3,(H,15,16). The van der Waals surface area contributed by atoms with Crippen molar-refractivity contribution in [1.82, 2.24) is 4.98 Å². The van der Waals surface area contributed by atoms with Gasteiger partial charge in [0, 0.05) is 13.6 Å². The highest BCUT2D eigenvalue weighted by Gasteiger charge is 2.32. The lowest BCUT2D eigenvalue weighted by atomic mass is 10.0. The van der Waals surface area contributed by atoms with E-state index in [9.17, 15) is 5.11 Å². The summed E-state index contributed by atoms with van der Waals surface area (Å²) in [4.78, 5) is 6.50. The molecule has 2 rings (SSSR count). The molecule has 6 heteroatoms. The second-order valence-electron chi connectivity index (χ2n) is 4.58. The monoisotopic (exact) mass is 289 g/mol. The van der Waals surface area contributed by atoms with Gasteiger partial charge in [-0.25, -0.2) is 4.98 Å². The summed E-state index contributed by atoms with van der Waals surface area (Å²) in [5, 5.41) is 13.4. The van der Waals surface area contributed by atoms with E-state index in [0.717, 1.165) is 13.0 Å². The van der Waals surface area contributed by atoms with E-state index in [4.69, 9.17) is 23.2 Å². The first-order valence-corrected chi connectivity index (χ1v) is 6.75. The van der Waals surface area contributed by atoms with Gasteiger partial charge in [0.25, 0.3) is 0 Å². The third-order valence-corrected chi connectivity index (χ3v) is 4.06. The number of nitrogens with one attached hydrogen (secondary N) is 1. The summed E-state index contributed by atoms with van der Waals surface area (Å²) >= 11 is 12.2. The third kappa shape index (κ3) is 2.37. The van der Waals surface area contributed by atoms with Crippen molar-refractivity contribution in [3.05, 3.63) is 16.1 Å². The molecule has 0 aliphatic carbocycles. The van der Waals surface area contributed by atoms with Crippen molar-refractivity contribution in [2.75, 3.05) is 30.4 Å². The van der Waals surface area contributed by atoms with E-state index in [0.29, 0.717) is 27.6 Å². The van der Waals surface area contributed by atoms with Crippen molar-refractivity contribution >= 4 is 34.8 Å². The van der Waals surface area contributed by atoms with E-state index in [2.05, 4.69) is 22.1 Å². The van der Waals surface area contributed by atoms with Crippen LogP contribution >= 0.6 is 23.2 Å². The molecule has 4 nitrogen and oxygen atoms in total. The van der Waals surface area contributed by atoms with E-state index in [1.807, 2.05) is 0 Å². The molecule has 0 aromatic carbocycles. The molecule has 1 saturated heterocycles. The van der Waals surface area contributed by atoms with Gasteiger partial charge in [-0.1, -0.05) is 30.1 Å². The van der Waals surface area contributed by atoms with Gasteiger partial charge in [-0.2, -0.15) is 0 Å². The number of aliphatic hydroxyl groups excluding tert-OH is 1. The van der Waals surface area contributed by atoms with Crippen molar-refractivity contribution < 1.29 is 5.11 Å². The summed E-state index contributed by atoms with van der Waals surface area (Å²) < 4.78 is 0. The summed E-state index contributed by atoms with van der Waals surface area (Å²) in [6.45, 7) is 3.09. The Morgan fingerprint density at radius 1 is 1.50 bits per heavy atom. The first-order chi connectivity index (χ1) is 8.58. The molecular formula is C12H17Cl2N3O. The molecule has 18 heavy (non-hydrogen) atoms. The Bertz CT molecular complexity index is 442. The van der Waals surface area contributed by atoms with Crippen LogP contribution in [0.5, 0.6) is 0 Å². The summed E-state index contributed by atoms with van der Waals surface area (Å²) in [5.74, 6) is 1.72. The number of nitrogens with zero attached hydrogens (tertiary/aromatic N) is 2. The Labute approximate surface area is 117 Å². The minimum absolute atomic E-state index is 0.0703. The molecule has 0 radical (unpaired) electrons. The van der Waals surface area contributed by atoms with Crippen molar-refractivity contribution in [1.29, 1.82) is 0 Å². The lowest BCUT2D eigenvalue weighted by Crippen LogP contribution is -2.36. The zero-order valence-electron chi connectivity index (χ0n) is 10.5. The zero-order chi connectivity index (χ0) is 13.3. The Kier molecular flexibility index (Phi) is 4.20. The van der Waals surface area contributed by atoms with Gasteiger partial charge in [0.05, 0.1) is 22.7 Å². The average Bonchev–Trinajstić information content (AvgIpc) is 2.70. The second-order valence-corrected chi connectivity index (χ2v) is 5.40. The fourth-order valence-electron chi connectivity index (χ4n) is 2.38. The Hall–Kier alpha value is -0.710. The van der Waals surface area contributed by atoms with Crippen LogP contribution in [0.15, 0.2) is 6.07 Å². The largest absolute Gasteiger partial charge is 0.394 e. The van der Waals surface area contributed by atoms with Gasteiger partial charge < -0.3 is 15.3 Å². The van der Waals surface area contributed by atoms with E-state index in [-0.39, 0.29) is 12.6 Å². The van der Waals surface area contributed by atoms with Crippen LogP contribution in [-0.4, -0.2) is 36.3 Å². The summed E-state index contributed by atoms with van der Waals surface area (Å²) in [6, 6.07) is 1.76. The van der Waals surface area contributed by atoms with Gasteiger partial charge in [-0.15, -0.1) is 0 Å². The summed E-state index contributed by atoms with van der Waals surface area (Å²) in [7, 11) is 1.77. The Balaban J connectivity index is 2.38. The molecule has 100 valence electrons. The maximum Gasteiger partial charge on any atom is 0.150 e. The smallest absolute Gasteiger partial charge is 0.150 e. The van der Waals surface area contributed by atoms with E-state index < -0.39 is 0 Å². The van der Waals surface area contributed by atoms with Gasteiger partial charge in [-0.05, 0) is 18.4 Å².